The van der Waals surface area contributed by atoms with Gasteiger partial charge in [0.15, 0.2) is 0 Å². The van der Waals surface area contributed by atoms with E-state index in [1.165, 1.54) is 10.9 Å². The standard InChI is InChI=1S/C18H16BrNO/c1-3-21-14-10-8-13(9-11-14)18-17(19)12(2)15-6-4-5-7-16(15)20-18/h4-11H,3H2,1-2H3. The van der Waals surface area contributed by atoms with Crippen molar-refractivity contribution >= 4 is 26.8 Å². The summed E-state index contributed by atoms with van der Waals surface area (Å²) < 4.78 is 6.54. The molecule has 0 saturated carbocycles. The van der Waals surface area contributed by atoms with E-state index in [0.29, 0.717) is 6.61 Å². The fourth-order valence-corrected chi connectivity index (χ4v) is 2.95. The van der Waals surface area contributed by atoms with Gasteiger partial charge >= 0.3 is 0 Å². The molecule has 3 rings (SSSR count). The topological polar surface area (TPSA) is 22.1 Å². The van der Waals surface area contributed by atoms with Crippen molar-refractivity contribution in [2.45, 2.75) is 13.8 Å². The zero-order valence-corrected chi connectivity index (χ0v) is 13.6. The van der Waals surface area contributed by atoms with Gasteiger partial charge in [0.2, 0.25) is 0 Å². The first-order valence-corrected chi connectivity index (χ1v) is 7.78. The molecule has 0 bridgehead atoms. The third kappa shape index (κ3) is 2.66. The summed E-state index contributed by atoms with van der Waals surface area (Å²) in [5.41, 5.74) is 4.28. The lowest BCUT2D eigenvalue weighted by Gasteiger charge is -2.11. The number of halogens is 1. The van der Waals surface area contributed by atoms with Crippen LogP contribution in [0.25, 0.3) is 22.2 Å². The number of rotatable bonds is 3. The van der Waals surface area contributed by atoms with Crippen LogP contribution in [0.4, 0.5) is 0 Å². The van der Waals surface area contributed by atoms with E-state index in [1.807, 2.05) is 49.4 Å². The van der Waals surface area contributed by atoms with Gasteiger partial charge in [0.1, 0.15) is 5.75 Å². The number of fused-ring (bicyclic) bond motifs is 1. The lowest BCUT2D eigenvalue weighted by Crippen LogP contribution is -1.93. The minimum absolute atomic E-state index is 0.677. The monoisotopic (exact) mass is 341 g/mol. The second-order valence-electron chi connectivity index (χ2n) is 4.87. The molecule has 0 fully saturated rings. The van der Waals surface area contributed by atoms with Gasteiger partial charge in [-0.15, -0.1) is 0 Å². The van der Waals surface area contributed by atoms with E-state index in [0.717, 1.165) is 27.0 Å². The highest BCUT2D eigenvalue weighted by Gasteiger charge is 2.11. The van der Waals surface area contributed by atoms with Crippen LogP contribution in [0.5, 0.6) is 5.75 Å². The second-order valence-corrected chi connectivity index (χ2v) is 5.67. The van der Waals surface area contributed by atoms with E-state index in [-0.39, 0.29) is 0 Å². The molecule has 0 aliphatic rings. The first-order valence-electron chi connectivity index (χ1n) is 6.98. The Labute approximate surface area is 132 Å². The molecule has 3 heteroatoms. The minimum atomic E-state index is 0.677. The van der Waals surface area contributed by atoms with Crippen molar-refractivity contribution in [2.75, 3.05) is 6.61 Å². The molecule has 0 N–H and O–H groups in total. The summed E-state index contributed by atoms with van der Waals surface area (Å²) in [6.07, 6.45) is 0. The molecule has 0 aliphatic carbocycles. The van der Waals surface area contributed by atoms with Gasteiger partial charge in [-0.3, -0.25) is 0 Å². The summed E-state index contributed by atoms with van der Waals surface area (Å²) in [6, 6.07) is 16.3. The molecule has 1 aromatic heterocycles. The molecule has 2 nitrogen and oxygen atoms in total. The van der Waals surface area contributed by atoms with Gasteiger partial charge in [-0.05, 0) is 65.7 Å². The number of para-hydroxylation sites is 1. The number of nitrogens with zero attached hydrogens (tertiary/aromatic N) is 1. The molecule has 21 heavy (non-hydrogen) atoms. The average Bonchev–Trinajstić information content (AvgIpc) is 2.52. The lowest BCUT2D eigenvalue weighted by molar-refractivity contribution is 0.340. The fraction of sp³-hybridized carbons (Fsp3) is 0.167. The van der Waals surface area contributed by atoms with Gasteiger partial charge < -0.3 is 4.74 Å². The van der Waals surface area contributed by atoms with E-state index in [2.05, 4.69) is 28.9 Å². The smallest absolute Gasteiger partial charge is 0.119 e. The van der Waals surface area contributed by atoms with Crippen LogP contribution in [0.2, 0.25) is 0 Å². The molecule has 0 radical (unpaired) electrons. The zero-order valence-electron chi connectivity index (χ0n) is 12.1. The van der Waals surface area contributed by atoms with Crippen LogP contribution in [-0.2, 0) is 0 Å². The van der Waals surface area contributed by atoms with Crippen LogP contribution in [0.15, 0.2) is 53.0 Å². The Morgan fingerprint density at radius 3 is 2.48 bits per heavy atom. The Kier molecular flexibility index (Phi) is 3.93. The summed E-state index contributed by atoms with van der Waals surface area (Å²) in [4.78, 5) is 4.79. The molecule has 0 atom stereocenters. The third-order valence-corrected chi connectivity index (χ3v) is 4.49. The highest BCUT2D eigenvalue weighted by molar-refractivity contribution is 9.10. The Bertz CT molecular complexity index is 781. The number of ether oxygens (including phenoxy) is 1. The lowest BCUT2D eigenvalue weighted by atomic mass is 10.1. The van der Waals surface area contributed by atoms with Crippen LogP contribution in [0.1, 0.15) is 12.5 Å². The molecule has 0 spiro atoms. The Hall–Kier alpha value is -1.87. The molecular weight excluding hydrogens is 326 g/mol. The van der Waals surface area contributed by atoms with E-state index in [1.54, 1.807) is 0 Å². The number of pyridine rings is 1. The summed E-state index contributed by atoms with van der Waals surface area (Å²) >= 11 is 3.69. The number of aryl methyl sites for hydroxylation is 1. The van der Waals surface area contributed by atoms with Gasteiger partial charge in [-0.1, -0.05) is 18.2 Å². The highest BCUT2D eigenvalue weighted by Crippen LogP contribution is 2.34. The van der Waals surface area contributed by atoms with Crippen LogP contribution in [0, 0.1) is 6.92 Å². The predicted molar refractivity (Wildman–Crippen MR) is 90.8 cm³/mol. The Balaban J connectivity index is 2.13. The van der Waals surface area contributed by atoms with E-state index < -0.39 is 0 Å². The molecule has 0 saturated heterocycles. The van der Waals surface area contributed by atoms with Crippen LogP contribution >= 0.6 is 15.9 Å². The molecule has 0 amide bonds. The van der Waals surface area contributed by atoms with Gasteiger partial charge in [0, 0.05) is 15.4 Å². The maximum atomic E-state index is 5.49. The first kappa shape index (κ1) is 14.1. The second kappa shape index (κ2) is 5.86. The SMILES string of the molecule is CCOc1ccc(-c2nc3ccccc3c(C)c2Br)cc1. The van der Waals surface area contributed by atoms with Crippen molar-refractivity contribution in [1.29, 1.82) is 0 Å². The number of hydrogen-bond acceptors (Lipinski definition) is 2. The maximum Gasteiger partial charge on any atom is 0.119 e. The molecule has 106 valence electrons. The van der Waals surface area contributed by atoms with Crippen molar-refractivity contribution in [3.05, 3.63) is 58.6 Å². The first-order chi connectivity index (χ1) is 10.2. The molecule has 1 heterocycles. The van der Waals surface area contributed by atoms with Crippen LogP contribution < -0.4 is 4.74 Å². The fourth-order valence-electron chi connectivity index (χ4n) is 2.42. The molecular formula is C18H16BrNO. The minimum Gasteiger partial charge on any atom is -0.494 e. The maximum absolute atomic E-state index is 5.49. The predicted octanol–water partition coefficient (Wildman–Crippen LogP) is 5.37. The van der Waals surface area contributed by atoms with Crippen molar-refractivity contribution in [3.63, 3.8) is 0 Å². The number of hydrogen-bond donors (Lipinski definition) is 0. The van der Waals surface area contributed by atoms with Crippen LogP contribution in [-0.4, -0.2) is 11.6 Å². The van der Waals surface area contributed by atoms with Crippen LogP contribution in [0.3, 0.4) is 0 Å². The largest absolute Gasteiger partial charge is 0.494 e. The van der Waals surface area contributed by atoms with Crippen molar-refractivity contribution in [1.82, 2.24) is 4.98 Å². The van der Waals surface area contributed by atoms with Gasteiger partial charge in [-0.25, -0.2) is 4.98 Å². The third-order valence-electron chi connectivity index (χ3n) is 3.52. The Morgan fingerprint density at radius 2 is 1.76 bits per heavy atom. The van der Waals surface area contributed by atoms with E-state index >= 15 is 0 Å². The van der Waals surface area contributed by atoms with Gasteiger partial charge in [0.25, 0.3) is 0 Å². The molecule has 0 aliphatic heterocycles. The summed E-state index contributed by atoms with van der Waals surface area (Å²) in [6.45, 7) is 4.78. The zero-order chi connectivity index (χ0) is 14.8. The number of benzene rings is 2. The van der Waals surface area contributed by atoms with Gasteiger partial charge in [-0.2, -0.15) is 0 Å². The Morgan fingerprint density at radius 1 is 1.05 bits per heavy atom. The van der Waals surface area contributed by atoms with Crippen molar-refractivity contribution in [3.8, 4) is 17.0 Å². The number of aromatic nitrogens is 1. The summed E-state index contributed by atoms with van der Waals surface area (Å²) in [7, 11) is 0. The van der Waals surface area contributed by atoms with Crippen molar-refractivity contribution in [2.24, 2.45) is 0 Å². The van der Waals surface area contributed by atoms with Crippen molar-refractivity contribution < 1.29 is 4.74 Å². The molecule has 0 unspecified atom stereocenters. The van der Waals surface area contributed by atoms with E-state index in [9.17, 15) is 0 Å². The quantitative estimate of drug-likeness (QED) is 0.638. The summed E-state index contributed by atoms with van der Waals surface area (Å²) in [5, 5.41) is 1.18. The van der Waals surface area contributed by atoms with E-state index in [4.69, 9.17) is 9.72 Å². The normalized spacial score (nSPS) is 10.8. The highest BCUT2D eigenvalue weighted by atomic mass is 79.9. The molecule has 2 aromatic carbocycles. The molecule has 3 aromatic rings. The average molecular weight is 342 g/mol. The summed E-state index contributed by atoms with van der Waals surface area (Å²) in [5.74, 6) is 0.884. The van der Waals surface area contributed by atoms with Gasteiger partial charge in [0.05, 0.1) is 17.8 Å².